The van der Waals surface area contributed by atoms with E-state index in [-0.39, 0.29) is 6.09 Å². The number of carbonyl (C=O) groups is 1. The third kappa shape index (κ3) is 3.66. The minimum atomic E-state index is -0.506. The molecule has 0 unspecified atom stereocenters. The molecule has 4 heteroatoms. The van der Waals surface area contributed by atoms with Gasteiger partial charge < -0.3 is 10.5 Å². The van der Waals surface area contributed by atoms with Gasteiger partial charge in [0.15, 0.2) is 0 Å². The summed E-state index contributed by atoms with van der Waals surface area (Å²) in [4.78, 5) is 13.5. The lowest BCUT2D eigenvalue weighted by molar-refractivity contribution is 0.0582. The van der Waals surface area contributed by atoms with Crippen LogP contribution in [0.15, 0.2) is 24.3 Å². The van der Waals surface area contributed by atoms with E-state index in [2.05, 4.69) is 0 Å². The van der Waals surface area contributed by atoms with E-state index in [1.165, 1.54) is 4.90 Å². The molecule has 4 nitrogen and oxygen atoms in total. The van der Waals surface area contributed by atoms with E-state index in [0.717, 1.165) is 0 Å². The molecule has 0 aliphatic heterocycles. The highest BCUT2D eigenvalue weighted by molar-refractivity contribution is 5.91. The zero-order valence-electron chi connectivity index (χ0n) is 10.9. The molecular weight excluding hydrogens is 216 g/mol. The molecule has 0 atom stereocenters. The number of hydrogen-bond acceptors (Lipinski definition) is 3. The maximum Gasteiger partial charge on any atom is 0.414 e. The number of nitrogen functional groups attached to an aromatic ring is 1. The minimum absolute atomic E-state index is 0.377. The van der Waals surface area contributed by atoms with Crippen molar-refractivity contribution in [3.05, 3.63) is 24.3 Å². The van der Waals surface area contributed by atoms with Gasteiger partial charge in [0.25, 0.3) is 0 Å². The highest BCUT2D eigenvalue weighted by Crippen LogP contribution is 2.24. The summed E-state index contributed by atoms with van der Waals surface area (Å²) >= 11 is 0. The van der Waals surface area contributed by atoms with E-state index in [4.69, 9.17) is 10.5 Å². The van der Waals surface area contributed by atoms with Crippen LogP contribution in [0.3, 0.4) is 0 Å². The van der Waals surface area contributed by atoms with Crippen molar-refractivity contribution in [3.8, 4) is 0 Å². The summed E-state index contributed by atoms with van der Waals surface area (Å²) in [7, 11) is 0. The lowest BCUT2D eigenvalue weighted by Gasteiger charge is -2.27. The van der Waals surface area contributed by atoms with Gasteiger partial charge in [-0.15, -0.1) is 0 Å². The molecule has 0 spiro atoms. The third-order valence-corrected chi connectivity index (χ3v) is 2.16. The first-order chi connectivity index (χ1) is 7.85. The number of ether oxygens (including phenoxy) is 1. The molecule has 0 aliphatic carbocycles. The molecule has 1 rings (SSSR count). The van der Waals surface area contributed by atoms with Gasteiger partial charge >= 0.3 is 6.09 Å². The number of carbonyl (C=O) groups excluding carboxylic acids is 1. The molecular formula is C13H20N2O2. The summed E-state index contributed by atoms with van der Waals surface area (Å²) in [5.74, 6) is 0. The molecule has 0 saturated carbocycles. The standard InChI is InChI=1S/C13H20N2O2/c1-5-15(12(16)17-13(2,3)4)11-9-7-6-8-10(11)14/h6-9H,5,14H2,1-4H3. The molecule has 1 amide bonds. The second kappa shape index (κ2) is 5.08. The smallest absolute Gasteiger partial charge is 0.414 e. The summed E-state index contributed by atoms with van der Waals surface area (Å²) in [6.45, 7) is 7.92. The number of anilines is 2. The summed E-state index contributed by atoms with van der Waals surface area (Å²) in [6, 6.07) is 7.26. The Labute approximate surface area is 102 Å². The van der Waals surface area contributed by atoms with Gasteiger partial charge in [0.2, 0.25) is 0 Å². The first-order valence-corrected chi connectivity index (χ1v) is 5.70. The summed E-state index contributed by atoms with van der Waals surface area (Å²) in [6.07, 6.45) is -0.377. The van der Waals surface area contributed by atoms with Gasteiger partial charge in [0.1, 0.15) is 5.60 Å². The van der Waals surface area contributed by atoms with Crippen molar-refractivity contribution in [2.75, 3.05) is 17.2 Å². The molecule has 0 fully saturated rings. The maximum atomic E-state index is 12.0. The first-order valence-electron chi connectivity index (χ1n) is 5.70. The summed E-state index contributed by atoms with van der Waals surface area (Å²) in [5.41, 5.74) is 6.60. The largest absolute Gasteiger partial charge is 0.443 e. The van der Waals surface area contributed by atoms with Crippen molar-refractivity contribution >= 4 is 17.5 Å². The number of amides is 1. The van der Waals surface area contributed by atoms with Crippen LogP contribution in [0.2, 0.25) is 0 Å². The fourth-order valence-electron chi connectivity index (χ4n) is 1.45. The van der Waals surface area contributed by atoms with Gasteiger partial charge in [0, 0.05) is 6.54 Å². The van der Waals surface area contributed by atoms with Crippen LogP contribution in [0.25, 0.3) is 0 Å². The molecule has 0 heterocycles. The Bertz CT molecular complexity index is 397. The highest BCUT2D eigenvalue weighted by atomic mass is 16.6. The lowest BCUT2D eigenvalue weighted by atomic mass is 10.2. The first kappa shape index (κ1) is 13.4. The normalized spacial score (nSPS) is 11.1. The van der Waals surface area contributed by atoms with Gasteiger partial charge in [-0.25, -0.2) is 4.79 Å². The molecule has 0 aliphatic rings. The van der Waals surface area contributed by atoms with Crippen molar-refractivity contribution in [3.63, 3.8) is 0 Å². The van der Waals surface area contributed by atoms with Crippen molar-refractivity contribution in [1.29, 1.82) is 0 Å². The van der Waals surface area contributed by atoms with Gasteiger partial charge in [-0.05, 0) is 39.8 Å². The quantitative estimate of drug-likeness (QED) is 0.803. The fourth-order valence-corrected chi connectivity index (χ4v) is 1.45. The zero-order valence-corrected chi connectivity index (χ0v) is 10.9. The van der Waals surface area contributed by atoms with Gasteiger partial charge in [-0.1, -0.05) is 12.1 Å². The van der Waals surface area contributed by atoms with E-state index < -0.39 is 5.60 Å². The molecule has 2 N–H and O–H groups in total. The van der Waals surface area contributed by atoms with Crippen LogP contribution in [0.4, 0.5) is 16.2 Å². The topological polar surface area (TPSA) is 55.6 Å². The second-order valence-electron chi connectivity index (χ2n) is 4.78. The molecule has 1 aromatic carbocycles. The predicted octanol–water partition coefficient (Wildman–Crippen LogP) is 3.03. The SMILES string of the molecule is CCN(C(=O)OC(C)(C)C)c1ccccc1N. The Morgan fingerprint density at radius 3 is 2.41 bits per heavy atom. The fraction of sp³-hybridized carbons (Fsp3) is 0.462. The second-order valence-corrected chi connectivity index (χ2v) is 4.78. The van der Waals surface area contributed by atoms with Crippen LogP contribution in [-0.2, 0) is 4.74 Å². The molecule has 0 aromatic heterocycles. The molecule has 1 aromatic rings. The summed E-state index contributed by atoms with van der Waals surface area (Å²) in [5, 5.41) is 0. The molecule has 17 heavy (non-hydrogen) atoms. The van der Waals surface area contributed by atoms with Crippen molar-refractivity contribution in [2.24, 2.45) is 0 Å². The number of hydrogen-bond donors (Lipinski definition) is 1. The monoisotopic (exact) mass is 236 g/mol. The van der Waals surface area contributed by atoms with Gasteiger partial charge in [-0.3, -0.25) is 4.90 Å². The van der Waals surface area contributed by atoms with Crippen LogP contribution >= 0.6 is 0 Å². The number of benzene rings is 1. The van der Waals surface area contributed by atoms with Gasteiger partial charge in [-0.2, -0.15) is 0 Å². The van der Waals surface area contributed by atoms with Crippen LogP contribution in [0, 0.1) is 0 Å². The van der Waals surface area contributed by atoms with Crippen molar-refractivity contribution in [1.82, 2.24) is 0 Å². The minimum Gasteiger partial charge on any atom is -0.443 e. The van der Waals surface area contributed by atoms with E-state index in [9.17, 15) is 4.79 Å². The van der Waals surface area contributed by atoms with E-state index in [1.807, 2.05) is 45.9 Å². The number of nitrogens with two attached hydrogens (primary N) is 1. The van der Waals surface area contributed by atoms with E-state index >= 15 is 0 Å². The summed E-state index contributed by atoms with van der Waals surface area (Å²) < 4.78 is 5.33. The van der Waals surface area contributed by atoms with E-state index in [0.29, 0.717) is 17.9 Å². The number of para-hydroxylation sites is 2. The van der Waals surface area contributed by atoms with Crippen LogP contribution in [-0.4, -0.2) is 18.2 Å². The number of nitrogens with zero attached hydrogens (tertiary/aromatic N) is 1. The van der Waals surface area contributed by atoms with Crippen LogP contribution < -0.4 is 10.6 Å². The molecule has 0 radical (unpaired) electrons. The average Bonchev–Trinajstić information content (AvgIpc) is 2.19. The van der Waals surface area contributed by atoms with Crippen LogP contribution in [0.5, 0.6) is 0 Å². The third-order valence-electron chi connectivity index (χ3n) is 2.16. The predicted molar refractivity (Wildman–Crippen MR) is 70.1 cm³/mol. The zero-order chi connectivity index (χ0) is 13.1. The molecule has 0 bridgehead atoms. The number of rotatable bonds is 2. The Hall–Kier alpha value is -1.71. The molecule has 94 valence electrons. The maximum absolute atomic E-state index is 12.0. The highest BCUT2D eigenvalue weighted by Gasteiger charge is 2.23. The molecule has 0 saturated heterocycles. The van der Waals surface area contributed by atoms with Crippen LogP contribution in [0.1, 0.15) is 27.7 Å². The van der Waals surface area contributed by atoms with Gasteiger partial charge in [0.05, 0.1) is 11.4 Å². The Balaban J connectivity index is 2.93. The van der Waals surface area contributed by atoms with E-state index in [1.54, 1.807) is 6.07 Å². The Kier molecular flexibility index (Phi) is 3.99. The van der Waals surface area contributed by atoms with Crippen molar-refractivity contribution < 1.29 is 9.53 Å². The Morgan fingerprint density at radius 1 is 1.35 bits per heavy atom. The van der Waals surface area contributed by atoms with Crippen molar-refractivity contribution in [2.45, 2.75) is 33.3 Å². The average molecular weight is 236 g/mol. The Morgan fingerprint density at radius 2 is 1.94 bits per heavy atom. The lowest BCUT2D eigenvalue weighted by Crippen LogP contribution is -2.37.